The number of tetrazole rings is 1. The zero-order valence-electron chi connectivity index (χ0n) is 20.3. The van der Waals surface area contributed by atoms with E-state index in [0.717, 1.165) is 43.5 Å². The largest absolute Gasteiger partial charge is 0.465 e. The van der Waals surface area contributed by atoms with Gasteiger partial charge in [-0.25, -0.2) is 9.48 Å². The van der Waals surface area contributed by atoms with E-state index in [0.29, 0.717) is 5.56 Å². The molecule has 176 valence electrons. The molecule has 1 aromatic carbocycles. The molecule has 0 bridgehead atoms. The van der Waals surface area contributed by atoms with E-state index in [1.165, 1.54) is 7.11 Å². The summed E-state index contributed by atoms with van der Waals surface area (Å²) >= 11 is 0. The number of nitrogens with one attached hydrogen (secondary N) is 1. The molecule has 8 nitrogen and oxygen atoms in total. The molecule has 1 aromatic heterocycles. The molecule has 2 aromatic rings. The van der Waals surface area contributed by atoms with Gasteiger partial charge in [0.05, 0.1) is 24.3 Å². The standard InChI is InChI=1S/C24H38N6O2/c1-23(2,3)15-24(4,5)30-21(27-28-29-30)20(26-19-10-8-7-9-18(19)25)16-11-13-17(14-12-16)22(31)32-6/h11-14,18-20,26H,7-10,15,25H2,1-6H3. The molecule has 3 unspecified atom stereocenters. The minimum atomic E-state index is -0.355. The van der Waals surface area contributed by atoms with Crippen molar-refractivity contribution in [2.45, 2.75) is 90.4 Å². The summed E-state index contributed by atoms with van der Waals surface area (Å²) in [6.45, 7) is 11.0. The molecule has 0 radical (unpaired) electrons. The first kappa shape index (κ1) is 24.3. The third kappa shape index (κ3) is 5.72. The van der Waals surface area contributed by atoms with Crippen molar-refractivity contribution in [3.05, 3.63) is 41.2 Å². The summed E-state index contributed by atoms with van der Waals surface area (Å²) in [6, 6.07) is 7.46. The Labute approximate surface area is 191 Å². The van der Waals surface area contributed by atoms with Crippen LogP contribution in [0.4, 0.5) is 0 Å². The lowest BCUT2D eigenvalue weighted by Crippen LogP contribution is -2.49. The predicted octanol–water partition coefficient (Wildman–Crippen LogP) is 3.58. The van der Waals surface area contributed by atoms with Crippen LogP contribution in [-0.2, 0) is 10.3 Å². The van der Waals surface area contributed by atoms with Gasteiger partial charge in [-0.3, -0.25) is 5.32 Å². The van der Waals surface area contributed by atoms with Crippen molar-refractivity contribution in [1.82, 2.24) is 25.5 Å². The summed E-state index contributed by atoms with van der Waals surface area (Å²) < 4.78 is 6.79. The number of methoxy groups -OCH3 is 1. The van der Waals surface area contributed by atoms with Crippen LogP contribution in [0.15, 0.2) is 24.3 Å². The monoisotopic (exact) mass is 442 g/mol. The Balaban J connectivity index is 2.00. The van der Waals surface area contributed by atoms with E-state index in [9.17, 15) is 4.79 Å². The molecule has 0 spiro atoms. The number of nitrogens with two attached hydrogens (primary N) is 1. The molecule has 1 heterocycles. The van der Waals surface area contributed by atoms with E-state index >= 15 is 0 Å². The number of carbonyl (C=O) groups is 1. The number of rotatable bonds is 7. The second-order valence-corrected chi connectivity index (χ2v) is 10.8. The van der Waals surface area contributed by atoms with Crippen molar-refractivity contribution >= 4 is 5.97 Å². The van der Waals surface area contributed by atoms with E-state index in [4.69, 9.17) is 10.5 Å². The van der Waals surface area contributed by atoms with Gasteiger partial charge >= 0.3 is 5.97 Å². The van der Waals surface area contributed by atoms with Gasteiger partial charge in [-0.1, -0.05) is 45.7 Å². The summed E-state index contributed by atoms with van der Waals surface area (Å²) in [5.41, 5.74) is 7.80. The Morgan fingerprint density at radius 3 is 2.44 bits per heavy atom. The topological polar surface area (TPSA) is 108 Å². The normalized spacial score (nSPS) is 20.7. The third-order valence-corrected chi connectivity index (χ3v) is 6.15. The van der Waals surface area contributed by atoms with Crippen LogP contribution < -0.4 is 11.1 Å². The average molecular weight is 443 g/mol. The van der Waals surface area contributed by atoms with Crippen molar-refractivity contribution in [3.63, 3.8) is 0 Å². The third-order valence-electron chi connectivity index (χ3n) is 6.15. The van der Waals surface area contributed by atoms with Crippen LogP contribution in [0.5, 0.6) is 0 Å². The first-order valence-corrected chi connectivity index (χ1v) is 11.5. The minimum absolute atomic E-state index is 0.0903. The second-order valence-electron chi connectivity index (χ2n) is 10.8. The molecule has 1 aliphatic carbocycles. The Kier molecular flexibility index (Phi) is 7.35. The van der Waals surface area contributed by atoms with Gasteiger partial charge in [-0.05, 0) is 66.6 Å². The molecule has 3 rings (SSSR count). The highest BCUT2D eigenvalue weighted by Gasteiger charge is 2.35. The van der Waals surface area contributed by atoms with E-state index in [1.807, 2.05) is 16.8 Å². The molecule has 1 fully saturated rings. The minimum Gasteiger partial charge on any atom is -0.465 e. The van der Waals surface area contributed by atoms with Gasteiger partial charge in [0.2, 0.25) is 0 Å². The van der Waals surface area contributed by atoms with Crippen LogP contribution in [0, 0.1) is 5.41 Å². The molecule has 1 aliphatic rings. The van der Waals surface area contributed by atoms with Gasteiger partial charge in [0.15, 0.2) is 5.82 Å². The van der Waals surface area contributed by atoms with Crippen LogP contribution in [0.25, 0.3) is 0 Å². The van der Waals surface area contributed by atoms with E-state index in [1.54, 1.807) is 12.1 Å². The number of hydrogen-bond donors (Lipinski definition) is 2. The number of carbonyl (C=O) groups excluding carboxylic acids is 1. The Morgan fingerprint density at radius 2 is 1.84 bits per heavy atom. The SMILES string of the molecule is COC(=O)c1ccc(C(NC2CCCCC2N)c2nnnn2C(C)(C)CC(C)(C)C)cc1. The molecule has 0 saturated heterocycles. The van der Waals surface area contributed by atoms with E-state index < -0.39 is 0 Å². The molecule has 3 atom stereocenters. The van der Waals surface area contributed by atoms with Gasteiger partial charge in [0, 0.05) is 12.1 Å². The molecule has 0 aliphatic heterocycles. The maximum Gasteiger partial charge on any atom is 0.337 e. The number of aromatic nitrogens is 4. The summed E-state index contributed by atoms with van der Waals surface area (Å²) in [6.07, 6.45) is 5.25. The molecule has 1 saturated carbocycles. The van der Waals surface area contributed by atoms with Gasteiger partial charge in [-0.2, -0.15) is 0 Å². The van der Waals surface area contributed by atoms with Crippen LogP contribution in [0.3, 0.4) is 0 Å². The lowest BCUT2D eigenvalue weighted by atomic mass is 9.81. The lowest BCUT2D eigenvalue weighted by Gasteiger charge is -2.36. The molecular formula is C24H38N6O2. The predicted molar refractivity (Wildman–Crippen MR) is 124 cm³/mol. The van der Waals surface area contributed by atoms with Crippen molar-refractivity contribution in [3.8, 4) is 0 Å². The Bertz CT molecular complexity index is 900. The fourth-order valence-corrected chi connectivity index (χ4v) is 5.01. The Hall–Kier alpha value is -2.32. The molecule has 3 N–H and O–H groups in total. The number of hydrogen-bond acceptors (Lipinski definition) is 7. The summed E-state index contributed by atoms with van der Waals surface area (Å²) in [4.78, 5) is 11.9. The molecule has 0 amide bonds. The van der Waals surface area contributed by atoms with Crippen LogP contribution in [0.2, 0.25) is 0 Å². The molecule has 32 heavy (non-hydrogen) atoms. The summed E-state index contributed by atoms with van der Waals surface area (Å²) in [7, 11) is 1.39. The zero-order valence-corrected chi connectivity index (χ0v) is 20.3. The van der Waals surface area contributed by atoms with Crippen molar-refractivity contribution < 1.29 is 9.53 Å². The number of nitrogens with zero attached hydrogens (tertiary/aromatic N) is 4. The van der Waals surface area contributed by atoms with Crippen molar-refractivity contribution in [2.24, 2.45) is 11.1 Å². The van der Waals surface area contributed by atoms with Crippen LogP contribution in [-0.4, -0.2) is 45.4 Å². The van der Waals surface area contributed by atoms with Gasteiger partial charge in [-0.15, -0.1) is 5.10 Å². The summed E-state index contributed by atoms with van der Waals surface area (Å²) in [5, 5.41) is 16.7. The fourth-order valence-electron chi connectivity index (χ4n) is 5.01. The van der Waals surface area contributed by atoms with Crippen molar-refractivity contribution in [1.29, 1.82) is 0 Å². The van der Waals surface area contributed by atoms with Gasteiger partial charge < -0.3 is 10.5 Å². The maximum absolute atomic E-state index is 11.9. The van der Waals surface area contributed by atoms with Crippen LogP contribution in [0.1, 0.15) is 94.5 Å². The first-order chi connectivity index (χ1) is 15.0. The zero-order chi connectivity index (χ0) is 23.5. The number of esters is 1. The van der Waals surface area contributed by atoms with Gasteiger partial charge in [0.25, 0.3) is 0 Å². The maximum atomic E-state index is 11.9. The van der Waals surface area contributed by atoms with E-state index in [-0.39, 0.29) is 35.0 Å². The van der Waals surface area contributed by atoms with Gasteiger partial charge in [0.1, 0.15) is 0 Å². The smallest absolute Gasteiger partial charge is 0.337 e. The highest BCUT2D eigenvalue weighted by molar-refractivity contribution is 5.89. The van der Waals surface area contributed by atoms with E-state index in [2.05, 4.69) is 55.5 Å². The average Bonchev–Trinajstić information content (AvgIpc) is 3.22. The second kappa shape index (κ2) is 9.67. The Morgan fingerprint density at radius 1 is 1.19 bits per heavy atom. The fraction of sp³-hybridized carbons (Fsp3) is 0.667. The highest BCUT2D eigenvalue weighted by Crippen LogP contribution is 2.34. The molecular weight excluding hydrogens is 404 g/mol. The quantitative estimate of drug-likeness (QED) is 0.631. The number of ether oxygens (including phenoxy) is 1. The van der Waals surface area contributed by atoms with Crippen LogP contribution >= 0.6 is 0 Å². The van der Waals surface area contributed by atoms with Crippen molar-refractivity contribution in [2.75, 3.05) is 7.11 Å². The molecule has 8 heteroatoms. The number of benzene rings is 1. The highest BCUT2D eigenvalue weighted by atomic mass is 16.5. The summed E-state index contributed by atoms with van der Waals surface area (Å²) in [5.74, 6) is 0.398. The first-order valence-electron chi connectivity index (χ1n) is 11.5. The lowest BCUT2D eigenvalue weighted by molar-refractivity contribution is 0.0600.